The van der Waals surface area contributed by atoms with Crippen molar-refractivity contribution >= 4 is 23.6 Å². The largest absolute Gasteiger partial charge is 0.376 e. The lowest BCUT2D eigenvalue weighted by molar-refractivity contribution is -0.113. The summed E-state index contributed by atoms with van der Waals surface area (Å²) in [6, 6.07) is 9.53. The van der Waals surface area contributed by atoms with Crippen LogP contribution in [0.25, 0.3) is 11.3 Å². The Morgan fingerprint density at radius 2 is 2.21 bits per heavy atom. The summed E-state index contributed by atoms with van der Waals surface area (Å²) in [6.07, 6.45) is 1.91. The normalized spacial score (nSPS) is 16.2. The van der Waals surface area contributed by atoms with Gasteiger partial charge in [-0.3, -0.25) is 14.7 Å². The lowest BCUT2D eigenvalue weighted by atomic mass is 10.1. The quantitative estimate of drug-likeness (QED) is 0.570. The number of anilines is 1. The number of aromatic amines is 1. The van der Waals surface area contributed by atoms with Crippen molar-refractivity contribution in [3.05, 3.63) is 46.4 Å². The van der Waals surface area contributed by atoms with Crippen LogP contribution >= 0.6 is 11.8 Å². The van der Waals surface area contributed by atoms with Crippen molar-refractivity contribution in [2.75, 3.05) is 17.7 Å². The van der Waals surface area contributed by atoms with Crippen LogP contribution < -0.4 is 11.0 Å². The number of thioether (sulfide) groups is 1. The van der Waals surface area contributed by atoms with Gasteiger partial charge in [0.15, 0.2) is 5.16 Å². The van der Waals surface area contributed by atoms with Gasteiger partial charge < -0.3 is 9.26 Å². The van der Waals surface area contributed by atoms with Gasteiger partial charge in [-0.05, 0) is 19.8 Å². The molecule has 0 spiro atoms. The van der Waals surface area contributed by atoms with Gasteiger partial charge in [-0.15, -0.1) is 5.10 Å². The maximum Gasteiger partial charge on any atom is 0.344 e. The van der Waals surface area contributed by atoms with Crippen molar-refractivity contribution < 1.29 is 14.1 Å². The van der Waals surface area contributed by atoms with E-state index in [1.54, 1.807) is 6.07 Å². The minimum atomic E-state index is -0.304. The summed E-state index contributed by atoms with van der Waals surface area (Å²) in [6.45, 7) is 3.15. The van der Waals surface area contributed by atoms with Crippen LogP contribution in [0.1, 0.15) is 18.4 Å². The average molecular weight is 415 g/mol. The minimum absolute atomic E-state index is 0.00728. The number of ether oxygens (including phenoxy) is 1. The van der Waals surface area contributed by atoms with Crippen LogP contribution in [0, 0.1) is 6.92 Å². The Kier molecular flexibility index (Phi) is 5.81. The summed E-state index contributed by atoms with van der Waals surface area (Å²) in [5, 5.41) is 13.6. The summed E-state index contributed by atoms with van der Waals surface area (Å²) < 4.78 is 12.3. The number of hydrogen-bond acceptors (Lipinski definition) is 7. The SMILES string of the molecule is Cc1ccc(-c2cc(NC(=O)CSc3n[nH]c(=O)n3C[C@@H]3CCCO3)on2)cc1. The van der Waals surface area contributed by atoms with E-state index in [4.69, 9.17) is 9.26 Å². The molecule has 4 rings (SSSR count). The van der Waals surface area contributed by atoms with E-state index in [0.717, 1.165) is 24.0 Å². The Morgan fingerprint density at radius 1 is 1.38 bits per heavy atom. The molecule has 1 aliphatic rings. The molecule has 9 nitrogen and oxygen atoms in total. The van der Waals surface area contributed by atoms with E-state index >= 15 is 0 Å². The van der Waals surface area contributed by atoms with Crippen LogP contribution in [0.2, 0.25) is 0 Å². The first-order chi connectivity index (χ1) is 14.1. The molecule has 3 aromatic rings. The fraction of sp³-hybridized carbons (Fsp3) is 0.368. The molecule has 1 amide bonds. The summed E-state index contributed by atoms with van der Waals surface area (Å²) in [7, 11) is 0. The lowest BCUT2D eigenvalue weighted by Crippen LogP contribution is -2.25. The molecule has 0 aliphatic carbocycles. The van der Waals surface area contributed by atoms with Crippen molar-refractivity contribution in [3.8, 4) is 11.3 Å². The van der Waals surface area contributed by atoms with Crippen LogP contribution in [0.3, 0.4) is 0 Å². The molecule has 1 aromatic carbocycles. The van der Waals surface area contributed by atoms with E-state index < -0.39 is 0 Å². The Labute approximate surface area is 170 Å². The number of rotatable bonds is 7. The second-order valence-electron chi connectivity index (χ2n) is 6.84. The highest BCUT2D eigenvalue weighted by molar-refractivity contribution is 7.99. The average Bonchev–Trinajstić information content (AvgIpc) is 3.45. The van der Waals surface area contributed by atoms with Gasteiger partial charge in [-0.1, -0.05) is 46.7 Å². The number of amides is 1. The zero-order chi connectivity index (χ0) is 20.2. The van der Waals surface area contributed by atoms with Crippen LogP contribution in [0.15, 0.2) is 44.8 Å². The molecular weight excluding hydrogens is 394 g/mol. The van der Waals surface area contributed by atoms with Crippen molar-refractivity contribution in [3.63, 3.8) is 0 Å². The fourth-order valence-electron chi connectivity index (χ4n) is 3.06. The third kappa shape index (κ3) is 4.77. The van der Waals surface area contributed by atoms with Crippen molar-refractivity contribution in [2.24, 2.45) is 0 Å². The molecule has 2 N–H and O–H groups in total. The molecule has 0 bridgehead atoms. The van der Waals surface area contributed by atoms with Gasteiger partial charge in [0.2, 0.25) is 11.8 Å². The second-order valence-corrected chi connectivity index (χ2v) is 7.78. The number of hydrogen-bond donors (Lipinski definition) is 2. The van der Waals surface area contributed by atoms with Crippen molar-refractivity contribution in [1.82, 2.24) is 19.9 Å². The molecule has 29 heavy (non-hydrogen) atoms. The third-order valence-corrected chi connectivity index (χ3v) is 5.56. The highest BCUT2D eigenvalue weighted by Crippen LogP contribution is 2.23. The van der Waals surface area contributed by atoms with E-state index in [-0.39, 0.29) is 29.3 Å². The van der Waals surface area contributed by atoms with Crippen LogP contribution in [0.4, 0.5) is 5.88 Å². The molecule has 3 heterocycles. The lowest BCUT2D eigenvalue weighted by Gasteiger charge is -2.10. The molecule has 0 radical (unpaired) electrons. The predicted octanol–water partition coefficient (Wildman–Crippen LogP) is 2.44. The molecule has 10 heteroatoms. The van der Waals surface area contributed by atoms with E-state index in [9.17, 15) is 9.59 Å². The van der Waals surface area contributed by atoms with E-state index in [0.29, 0.717) is 24.0 Å². The summed E-state index contributed by atoms with van der Waals surface area (Å²) in [4.78, 5) is 24.2. The standard InChI is InChI=1S/C19H21N5O4S/c1-12-4-6-13(7-5-12)15-9-17(28-23-15)20-16(25)11-29-19-22-21-18(26)24(19)10-14-3-2-8-27-14/h4-7,9,14H,2-3,8,10-11H2,1H3,(H,20,25)(H,21,26)/t14-/m0/s1. The van der Waals surface area contributed by atoms with Crippen LogP contribution in [-0.4, -0.2) is 44.3 Å². The molecule has 0 saturated carbocycles. The molecule has 1 aliphatic heterocycles. The van der Waals surface area contributed by atoms with Gasteiger partial charge in [-0.25, -0.2) is 9.89 Å². The Morgan fingerprint density at radius 3 is 2.97 bits per heavy atom. The number of nitrogens with one attached hydrogen (secondary N) is 2. The number of H-pyrrole nitrogens is 1. The second kappa shape index (κ2) is 8.66. The first kappa shape index (κ1) is 19.5. The van der Waals surface area contributed by atoms with Gasteiger partial charge >= 0.3 is 5.69 Å². The molecule has 2 aromatic heterocycles. The van der Waals surface area contributed by atoms with E-state index in [1.165, 1.54) is 16.3 Å². The Bertz CT molecular complexity index is 1030. The number of benzene rings is 1. The zero-order valence-corrected chi connectivity index (χ0v) is 16.7. The van der Waals surface area contributed by atoms with Gasteiger partial charge in [0.25, 0.3) is 0 Å². The highest BCUT2D eigenvalue weighted by Gasteiger charge is 2.20. The number of nitrogens with zero attached hydrogens (tertiary/aromatic N) is 3. The monoisotopic (exact) mass is 415 g/mol. The maximum atomic E-state index is 12.3. The van der Waals surface area contributed by atoms with E-state index in [1.807, 2.05) is 31.2 Å². The van der Waals surface area contributed by atoms with Crippen molar-refractivity contribution in [2.45, 2.75) is 37.6 Å². The van der Waals surface area contributed by atoms with Gasteiger partial charge in [0.05, 0.1) is 18.4 Å². The number of aryl methyl sites for hydroxylation is 1. The first-order valence-electron chi connectivity index (χ1n) is 9.32. The van der Waals surface area contributed by atoms with Gasteiger partial charge in [0, 0.05) is 18.2 Å². The molecule has 1 saturated heterocycles. The van der Waals surface area contributed by atoms with Crippen molar-refractivity contribution in [1.29, 1.82) is 0 Å². The summed E-state index contributed by atoms with van der Waals surface area (Å²) in [5.74, 6) is 0.0711. The molecule has 1 atom stereocenters. The first-order valence-corrected chi connectivity index (χ1v) is 10.3. The van der Waals surface area contributed by atoms with Gasteiger partial charge in [0.1, 0.15) is 5.69 Å². The fourth-order valence-corrected chi connectivity index (χ4v) is 3.82. The minimum Gasteiger partial charge on any atom is -0.376 e. The van der Waals surface area contributed by atoms with Crippen LogP contribution in [-0.2, 0) is 16.1 Å². The van der Waals surface area contributed by atoms with Crippen LogP contribution in [0.5, 0.6) is 0 Å². The summed E-state index contributed by atoms with van der Waals surface area (Å²) >= 11 is 1.17. The number of aromatic nitrogens is 4. The van der Waals surface area contributed by atoms with Gasteiger partial charge in [-0.2, -0.15) is 0 Å². The topological polar surface area (TPSA) is 115 Å². The summed E-state index contributed by atoms with van der Waals surface area (Å²) in [5.41, 5.74) is 2.40. The molecule has 152 valence electrons. The highest BCUT2D eigenvalue weighted by atomic mass is 32.2. The number of carbonyl (C=O) groups is 1. The molecule has 1 fully saturated rings. The smallest absolute Gasteiger partial charge is 0.344 e. The van der Waals surface area contributed by atoms with E-state index in [2.05, 4.69) is 20.7 Å². The third-order valence-electron chi connectivity index (χ3n) is 4.59. The maximum absolute atomic E-state index is 12.3. The zero-order valence-electron chi connectivity index (χ0n) is 15.9. The Balaban J connectivity index is 1.34. The molecular formula is C19H21N5O4S. The number of carbonyl (C=O) groups excluding carboxylic acids is 1. The predicted molar refractivity (Wildman–Crippen MR) is 108 cm³/mol. The Hall–Kier alpha value is -2.85. The molecule has 0 unspecified atom stereocenters.